The van der Waals surface area contributed by atoms with Gasteiger partial charge in [0.05, 0.1) is 5.69 Å². The molecule has 0 radical (unpaired) electrons. The average molecular weight is 458 g/mol. The van der Waals surface area contributed by atoms with Crippen LogP contribution in [-0.2, 0) is 16.1 Å². The molecule has 34 heavy (non-hydrogen) atoms. The van der Waals surface area contributed by atoms with E-state index in [2.05, 4.69) is 35.5 Å². The third kappa shape index (κ3) is 3.98. The molecule has 1 aromatic heterocycles. The maximum absolute atomic E-state index is 13.2. The Balaban J connectivity index is 1.53. The quantitative estimate of drug-likeness (QED) is 0.462. The summed E-state index contributed by atoms with van der Waals surface area (Å²) in [4.78, 5) is 17.1. The lowest BCUT2D eigenvalue weighted by atomic mass is 9.83. The van der Waals surface area contributed by atoms with Crippen molar-refractivity contribution in [1.82, 2.24) is 10.1 Å². The Morgan fingerprint density at radius 3 is 2.65 bits per heavy atom. The number of carbonyl (C=O) groups is 1. The summed E-state index contributed by atoms with van der Waals surface area (Å²) in [5.74, 6) is 0.897. The van der Waals surface area contributed by atoms with Gasteiger partial charge in [-0.2, -0.15) is 0 Å². The molecule has 1 fully saturated rings. The molecule has 2 aromatic carbocycles. The molecular formula is C28H31N3O3. The zero-order chi connectivity index (χ0) is 23.9. The third-order valence-electron chi connectivity index (χ3n) is 7.01. The minimum atomic E-state index is -0.358. The summed E-state index contributed by atoms with van der Waals surface area (Å²) >= 11 is 0. The van der Waals surface area contributed by atoms with Crippen LogP contribution in [0.5, 0.6) is 0 Å². The first kappa shape index (κ1) is 22.3. The van der Waals surface area contributed by atoms with Gasteiger partial charge >= 0.3 is 0 Å². The molecule has 0 bridgehead atoms. The van der Waals surface area contributed by atoms with Gasteiger partial charge in [-0.3, -0.25) is 9.69 Å². The molecular weight excluding hydrogens is 426 g/mol. The van der Waals surface area contributed by atoms with Crippen molar-refractivity contribution in [2.75, 3.05) is 11.4 Å². The zero-order valence-corrected chi connectivity index (χ0v) is 20.2. The van der Waals surface area contributed by atoms with Gasteiger partial charge in [0, 0.05) is 35.8 Å². The van der Waals surface area contributed by atoms with Crippen LogP contribution in [0.1, 0.15) is 55.3 Å². The maximum atomic E-state index is 13.2. The van der Waals surface area contributed by atoms with E-state index < -0.39 is 0 Å². The molecule has 3 heterocycles. The second-order valence-electron chi connectivity index (χ2n) is 9.88. The van der Waals surface area contributed by atoms with Crippen LogP contribution in [0.15, 0.2) is 65.5 Å². The highest BCUT2D eigenvalue weighted by molar-refractivity contribution is 5.83. The van der Waals surface area contributed by atoms with E-state index in [0.29, 0.717) is 12.4 Å². The molecule has 0 spiro atoms. The molecule has 2 aliphatic heterocycles. The van der Waals surface area contributed by atoms with E-state index >= 15 is 0 Å². The molecule has 3 aromatic rings. The average Bonchev–Trinajstić information content (AvgIpc) is 3.44. The van der Waals surface area contributed by atoms with E-state index in [4.69, 9.17) is 9.26 Å². The normalized spacial score (nSPS) is 19.5. The first-order valence-corrected chi connectivity index (χ1v) is 11.9. The Morgan fingerprint density at radius 1 is 1.12 bits per heavy atom. The van der Waals surface area contributed by atoms with Gasteiger partial charge in [0.1, 0.15) is 6.26 Å². The van der Waals surface area contributed by atoms with Gasteiger partial charge in [0.15, 0.2) is 0 Å². The second kappa shape index (κ2) is 8.67. The fraction of sp³-hybridized carbons (Fsp3) is 0.357. The number of amides is 1. The van der Waals surface area contributed by atoms with Crippen LogP contribution in [0.25, 0.3) is 11.1 Å². The first-order valence-electron chi connectivity index (χ1n) is 11.9. The number of benzene rings is 2. The van der Waals surface area contributed by atoms with Gasteiger partial charge in [-0.25, -0.2) is 0 Å². The molecule has 6 nitrogen and oxygen atoms in total. The summed E-state index contributed by atoms with van der Waals surface area (Å²) < 4.78 is 11.6. The van der Waals surface area contributed by atoms with Crippen molar-refractivity contribution in [1.29, 1.82) is 0 Å². The highest BCUT2D eigenvalue weighted by Gasteiger charge is 2.36. The molecule has 0 aliphatic carbocycles. The van der Waals surface area contributed by atoms with Crippen molar-refractivity contribution >= 4 is 11.8 Å². The van der Waals surface area contributed by atoms with Crippen LogP contribution in [0.3, 0.4) is 0 Å². The van der Waals surface area contributed by atoms with E-state index in [0.717, 1.165) is 52.9 Å². The number of hydrogen-bond donors (Lipinski definition) is 0. The fourth-order valence-electron chi connectivity index (χ4n) is 4.88. The van der Waals surface area contributed by atoms with Gasteiger partial charge < -0.3 is 14.2 Å². The number of ether oxygens (including phenoxy) is 1. The van der Waals surface area contributed by atoms with E-state index in [9.17, 15) is 4.79 Å². The predicted molar refractivity (Wildman–Crippen MR) is 132 cm³/mol. The van der Waals surface area contributed by atoms with Crippen molar-refractivity contribution in [2.24, 2.45) is 5.41 Å². The van der Waals surface area contributed by atoms with Gasteiger partial charge in [0.25, 0.3) is 0 Å². The highest BCUT2D eigenvalue weighted by atomic mass is 16.5. The van der Waals surface area contributed by atoms with Crippen molar-refractivity contribution in [3.05, 3.63) is 83.4 Å². The van der Waals surface area contributed by atoms with E-state index in [1.807, 2.05) is 61.9 Å². The second-order valence-corrected chi connectivity index (χ2v) is 9.88. The van der Waals surface area contributed by atoms with Gasteiger partial charge in [-0.05, 0) is 49.4 Å². The Kier molecular flexibility index (Phi) is 5.68. The summed E-state index contributed by atoms with van der Waals surface area (Å²) in [7, 11) is 0. The number of nitrogens with zero attached hydrogens (tertiary/aromatic N) is 3. The number of carbonyl (C=O) groups excluding carboxylic acids is 1. The molecule has 176 valence electrons. The predicted octanol–water partition coefficient (Wildman–Crippen LogP) is 6.11. The van der Waals surface area contributed by atoms with Crippen LogP contribution >= 0.6 is 0 Å². The number of aryl methyl sites for hydroxylation is 1. The van der Waals surface area contributed by atoms with Crippen LogP contribution in [0.2, 0.25) is 0 Å². The van der Waals surface area contributed by atoms with Crippen molar-refractivity contribution < 1.29 is 14.1 Å². The van der Waals surface area contributed by atoms with Crippen LogP contribution < -0.4 is 4.90 Å². The SMILES string of the molecule is Cc1noc(N2C=COC2c2ccc(-c3ccccc3)c(CN3CCCC(C)(C)C3=O)c2)c1C. The van der Waals surface area contributed by atoms with Crippen LogP contribution in [-0.4, -0.2) is 22.5 Å². The monoisotopic (exact) mass is 457 g/mol. The minimum absolute atomic E-state index is 0.219. The molecule has 1 saturated heterocycles. The molecule has 1 unspecified atom stereocenters. The molecule has 1 amide bonds. The van der Waals surface area contributed by atoms with Crippen LogP contribution in [0.4, 0.5) is 5.88 Å². The van der Waals surface area contributed by atoms with Crippen molar-refractivity contribution in [3.63, 3.8) is 0 Å². The Labute approximate surface area is 200 Å². The lowest BCUT2D eigenvalue weighted by molar-refractivity contribution is -0.144. The van der Waals surface area contributed by atoms with Gasteiger partial charge in [-0.15, -0.1) is 0 Å². The molecule has 5 rings (SSSR count). The molecule has 0 saturated carbocycles. The fourth-order valence-corrected chi connectivity index (χ4v) is 4.88. The van der Waals surface area contributed by atoms with E-state index in [1.54, 1.807) is 6.26 Å². The number of likely N-dealkylation sites (tertiary alicyclic amines) is 1. The van der Waals surface area contributed by atoms with Crippen molar-refractivity contribution in [3.8, 4) is 11.1 Å². The Morgan fingerprint density at radius 2 is 1.91 bits per heavy atom. The lowest BCUT2D eigenvalue weighted by Crippen LogP contribution is -2.45. The topological polar surface area (TPSA) is 58.8 Å². The number of piperidine rings is 1. The number of rotatable bonds is 5. The van der Waals surface area contributed by atoms with Crippen LogP contribution in [0, 0.1) is 19.3 Å². The zero-order valence-electron chi connectivity index (χ0n) is 20.2. The summed E-state index contributed by atoms with van der Waals surface area (Å²) in [6, 6.07) is 16.7. The summed E-state index contributed by atoms with van der Waals surface area (Å²) in [6.45, 7) is 9.38. The number of aromatic nitrogens is 1. The summed E-state index contributed by atoms with van der Waals surface area (Å²) in [5.41, 5.74) is 5.90. The Bertz CT molecular complexity index is 1230. The molecule has 0 N–H and O–H groups in total. The molecule has 1 atom stereocenters. The lowest BCUT2D eigenvalue weighted by Gasteiger charge is -2.37. The van der Waals surface area contributed by atoms with E-state index in [-0.39, 0.29) is 17.6 Å². The summed E-state index contributed by atoms with van der Waals surface area (Å²) in [6.07, 6.45) is 5.15. The molecule has 6 heteroatoms. The minimum Gasteiger partial charge on any atom is -0.472 e. The highest BCUT2D eigenvalue weighted by Crippen LogP contribution is 2.38. The number of hydrogen-bond acceptors (Lipinski definition) is 5. The van der Waals surface area contributed by atoms with Gasteiger partial charge in [0.2, 0.25) is 18.0 Å². The Hall–Kier alpha value is -3.54. The summed E-state index contributed by atoms with van der Waals surface area (Å²) in [5, 5.41) is 4.11. The smallest absolute Gasteiger partial charge is 0.237 e. The largest absolute Gasteiger partial charge is 0.472 e. The van der Waals surface area contributed by atoms with Gasteiger partial charge in [-0.1, -0.05) is 61.5 Å². The standard InChI is InChI=1S/C28H31N3O3/c1-19-20(2)29-34-25(19)31-15-16-33-26(31)22-11-12-24(21-9-6-5-7-10-21)23(17-22)18-30-14-8-13-28(3,4)27(30)32/h5-7,9-12,15-17,26H,8,13-14,18H2,1-4H3. The van der Waals surface area contributed by atoms with E-state index in [1.165, 1.54) is 0 Å². The third-order valence-corrected chi connectivity index (χ3v) is 7.01. The number of anilines is 1. The maximum Gasteiger partial charge on any atom is 0.237 e. The molecule has 2 aliphatic rings. The first-order chi connectivity index (χ1) is 16.3. The van der Waals surface area contributed by atoms with Crippen molar-refractivity contribution in [2.45, 2.75) is 53.3 Å².